The molecule has 0 bridgehead atoms. The maximum Gasteiger partial charge on any atom is 0.313 e. The van der Waals surface area contributed by atoms with Crippen LogP contribution in [0, 0.1) is 0 Å². The summed E-state index contributed by atoms with van der Waals surface area (Å²) in [7, 11) is 3.36. The number of methoxy groups -OCH3 is 1. The Morgan fingerprint density at radius 1 is 0.967 bits per heavy atom. The average molecular weight is 405 g/mol. The van der Waals surface area contributed by atoms with E-state index in [0.29, 0.717) is 13.0 Å². The second-order valence-electron chi connectivity index (χ2n) is 7.28. The molecule has 0 heterocycles. The number of carbonyl (C=O) groups excluding carboxylic acids is 2. The third kappa shape index (κ3) is 5.17. The van der Waals surface area contributed by atoms with Gasteiger partial charge in [-0.15, -0.1) is 0 Å². The van der Waals surface area contributed by atoms with Crippen LogP contribution in [-0.2, 0) is 20.9 Å². The molecular formula is C25H27NO4. The third-order valence-electron chi connectivity index (χ3n) is 5.19. The molecule has 5 heteroatoms. The summed E-state index contributed by atoms with van der Waals surface area (Å²) >= 11 is 0. The molecule has 0 fully saturated rings. The summed E-state index contributed by atoms with van der Waals surface area (Å²) in [5.74, 6) is -0.154. The fourth-order valence-corrected chi connectivity index (χ4v) is 3.43. The van der Waals surface area contributed by atoms with Crippen molar-refractivity contribution in [2.24, 2.45) is 0 Å². The van der Waals surface area contributed by atoms with Crippen LogP contribution in [0.1, 0.15) is 30.4 Å². The van der Waals surface area contributed by atoms with Crippen molar-refractivity contribution in [3.05, 3.63) is 77.9 Å². The minimum atomic E-state index is -0.370. The summed E-state index contributed by atoms with van der Waals surface area (Å²) < 4.78 is 10.6. The highest BCUT2D eigenvalue weighted by molar-refractivity contribution is 5.85. The maximum absolute atomic E-state index is 12.5. The van der Waals surface area contributed by atoms with Gasteiger partial charge >= 0.3 is 5.97 Å². The van der Waals surface area contributed by atoms with E-state index in [1.54, 1.807) is 19.1 Å². The van der Waals surface area contributed by atoms with Crippen molar-refractivity contribution in [1.29, 1.82) is 0 Å². The summed E-state index contributed by atoms with van der Waals surface area (Å²) in [5.41, 5.74) is 1.91. The zero-order valence-electron chi connectivity index (χ0n) is 17.6. The van der Waals surface area contributed by atoms with E-state index in [2.05, 4.69) is 0 Å². The van der Waals surface area contributed by atoms with Gasteiger partial charge in [-0.1, -0.05) is 55.5 Å². The average Bonchev–Trinajstić information content (AvgIpc) is 2.78. The minimum absolute atomic E-state index is 0.235. The molecule has 0 saturated carbocycles. The lowest BCUT2D eigenvalue weighted by molar-refractivity contribution is -0.153. The van der Waals surface area contributed by atoms with Gasteiger partial charge in [0.25, 0.3) is 5.91 Å². The van der Waals surface area contributed by atoms with E-state index in [1.165, 1.54) is 0 Å². The molecule has 0 N–H and O–H groups in total. The van der Waals surface area contributed by atoms with Gasteiger partial charge in [-0.2, -0.15) is 0 Å². The molecule has 0 aromatic heterocycles. The van der Waals surface area contributed by atoms with Crippen molar-refractivity contribution in [3.8, 4) is 5.75 Å². The van der Waals surface area contributed by atoms with E-state index in [0.717, 1.165) is 27.6 Å². The molecular weight excluding hydrogens is 378 g/mol. The molecule has 0 spiro atoms. The maximum atomic E-state index is 12.5. The first-order valence-corrected chi connectivity index (χ1v) is 10.0. The van der Waals surface area contributed by atoms with Gasteiger partial charge in [-0.05, 0) is 46.5 Å². The predicted molar refractivity (Wildman–Crippen MR) is 117 cm³/mol. The first kappa shape index (κ1) is 21.4. The summed E-state index contributed by atoms with van der Waals surface area (Å²) in [6.07, 6.45) is 0.620. The molecule has 3 aromatic carbocycles. The normalized spacial score (nSPS) is 11.7. The minimum Gasteiger partial charge on any atom is -0.497 e. The molecule has 5 nitrogen and oxygen atoms in total. The molecule has 30 heavy (non-hydrogen) atoms. The Labute approximate surface area is 177 Å². The molecule has 156 valence electrons. The van der Waals surface area contributed by atoms with Gasteiger partial charge in [-0.3, -0.25) is 9.59 Å². The summed E-state index contributed by atoms with van der Waals surface area (Å²) in [6, 6.07) is 21.4. The fraction of sp³-hybridized carbons (Fsp3) is 0.280. The van der Waals surface area contributed by atoms with Crippen molar-refractivity contribution >= 4 is 22.6 Å². The van der Waals surface area contributed by atoms with Crippen LogP contribution in [0.25, 0.3) is 10.8 Å². The molecule has 0 radical (unpaired) electrons. The van der Waals surface area contributed by atoms with Crippen LogP contribution < -0.4 is 4.74 Å². The monoisotopic (exact) mass is 405 g/mol. The number of carbonyl (C=O) groups is 2. The summed E-state index contributed by atoms with van der Waals surface area (Å²) in [4.78, 5) is 26.5. The smallest absolute Gasteiger partial charge is 0.313 e. The SMILES string of the molecule is CCC(C(=O)OCC(=O)N(C)Cc1ccc2cc(OC)ccc2c1)c1ccccc1. The largest absolute Gasteiger partial charge is 0.497 e. The Morgan fingerprint density at radius 2 is 1.67 bits per heavy atom. The number of esters is 1. The molecule has 0 aliphatic carbocycles. The lowest BCUT2D eigenvalue weighted by atomic mass is 9.97. The Hall–Kier alpha value is -3.34. The quantitative estimate of drug-likeness (QED) is 0.516. The van der Waals surface area contributed by atoms with Gasteiger partial charge in [0.2, 0.25) is 0 Å². The number of nitrogens with zero attached hydrogens (tertiary/aromatic N) is 1. The zero-order chi connectivity index (χ0) is 21.5. The highest BCUT2D eigenvalue weighted by Crippen LogP contribution is 2.23. The van der Waals surface area contributed by atoms with Crippen LogP contribution in [0.2, 0.25) is 0 Å². The van der Waals surface area contributed by atoms with Crippen LogP contribution >= 0.6 is 0 Å². The van der Waals surface area contributed by atoms with Gasteiger partial charge in [0, 0.05) is 13.6 Å². The van der Waals surface area contributed by atoms with Crippen molar-refractivity contribution in [3.63, 3.8) is 0 Å². The second-order valence-corrected chi connectivity index (χ2v) is 7.28. The molecule has 0 aliphatic heterocycles. The molecule has 3 aromatic rings. The van der Waals surface area contributed by atoms with Gasteiger partial charge in [0.05, 0.1) is 13.0 Å². The van der Waals surface area contributed by atoms with Gasteiger partial charge < -0.3 is 14.4 Å². The number of rotatable bonds is 8. The topological polar surface area (TPSA) is 55.8 Å². The highest BCUT2D eigenvalue weighted by Gasteiger charge is 2.21. The Kier molecular flexibility index (Phi) is 7.07. The van der Waals surface area contributed by atoms with Gasteiger partial charge in [-0.25, -0.2) is 0 Å². The van der Waals surface area contributed by atoms with Crippen LogP contribution in [0.3, 0.4) is 0 Å². The number of hydrogen-bond acceptors (Lipinski definition) is 4. The molecule has 1 unspecified atom stereocenters. The Bertz CT molecular complexity index is 1020. The lowest BCUT2D eigenvalue weighted by Crippen LogP contribution is -2.31. The highest BCUT2D eigenvalue weighted by atomic mass is 16.5. The number of likely N-dealkylation sites (N-methyl/N-ethyl adjacent to an activating group) is 1. The van der Waals surface area contributed by atoms with Crippen LogP contribution in [0.15, 0.2) is 66.7 Å². The second kappa shape index (κ2) is 9.92. The van der Waals surface area contributed by atoms with Crippen molar-refractivity contribution in [1.82, 2.24) is 4.90 Å². The standard InChI is InChI=1S/C25H27NO4/c1-4-23(19-8-6-5-7-9-19)25(28)30-17-24(27)26(2)16-18-10-11-21-15-22(29-3)13-12-20(21)14-18/h5-15,23H,4,16-17H2,1-3H3. The van der Waals surface area contributed by atoms with E-state index < -0.39 is 0 Å². The summed E-state index contributed by atoms with van der Waals surface area (Å²) in [6.45, 7) is 2.11. The molecule has 1 atom stereocenters. The van der Waals surface area contributed by atoms with Crippen molar-refractivity contribution in [2.75, 3.05) is 20.8 Å². The predicted octanol–water partition coefficient (Wildman–Crippen LogP) is 4.54. The third-order valence-corrected chi connectivity index (χ3v) is 5.19. The number of hydrogen-bond donors (Lipinski definition) is 0. The van der Waals surface area contributed by atoms with E-state index in [4.69, 9.17) is 9.47 Å². The van der Waals surface area contributed by atoms with E-state index in [-0.39, 0.29) is 24.4 Å². The lowest BCUT2D eigenvalue weighted by Gasteiger charge is -2.19. The zero-order valence-corrected chi connectivity index (χ0v) is 17.6. The van der Waals surface area contributed by atoms with Crippen LogP contribution in [0.5, 0.6) is 5.75 Å². The molecule has 3 rings (SSSR count). The van der Waals surface area contributed by atoms with Crippen molar-refractivity contribution < 1.29 is 19.1 Å². The first-order valence-electron chi connectivity index (χ1n) is 10.0. The van der Waals surface area contributed by atoms with Gasteiger partial charge in [0.1, 0.15) is 5.75 Å². The van der Waals surface area contributed by atoms with Crippen molar-refractivity contribution in [2.45, 2.75) is 25.8 Å². The van der Waals surface area contributed by atoms with E-state index in [9.17, 15) is 9.59 Å². The van der Waals surface area contributed by atoms with E-state index >= 15 is 0 Å². The van der Waals surface area contributed by atoms with Gasteiger partial charge in [0.15, 0.2) is 6.61 Å². The van der Waals surface area contributed by atoms with Crippen LogP contribution in [0.4, 0.5) is 0 Å². The first-order chi connectivity index (χ1) is 14.5. The fourth-order valence-electron chi connectivity index (χ4n) is 3.43. The molecule has 1 amide bonds. The number of fused-ring (bicyclic) bond motifs is 1. The molecule has 0 saturated heterocycles. The van der Waals surface area contributed by atoms with E-state index in [1.807, 2.05) is 73.7 Å². The van der Waals surface area contributed by atoms with Crippen LogP contribution in [-0.4, -0.2) is 37.5 Å². The number of amides is 1. The molecule has 0 aliphatic rings. The number of ether oxygens (including phenoxy) is 2. The Balaban J connectivity index is 1.58. The number of benzene rings is 3. The Morgan fingerprint density at radius 3 is 2.37 bits per heavy atom. The summed E-state index contributed by atoms with van der Waals surface area (Å²) in [5, 5.41) is 2.15.